The molecule has 9 heteroatoms. The van der Waals surface area contributed by atoms with Gasteiger partial charge in [-0.15, -0.1) is 0 Å². The van der Waals surface area contributed by atoms with E-state index in [0.717, 1.165) is 11.3 Å². The van der Waals surface area contributed by atoms with E-state index in [1.807, 2.05) is 0 Å². The molecule has 0 atom stereocenters. The first-order chi connectivity index (χ1) is 10.5. The summed E-state index contributed by atoms with van der Waals surface area (Å²) in [6, 6.07) is 7.16. The molecule has 0 aliphatic carbocycles. The van der Waals surface area contributed by atoms with Gasteiger partial charge in [-0.1, -0.05) is 5.16 Å². The van der Waals surface area contributed by atoms with Gasteiger partial charge in [-0.25, -0.2) is 0 Å². The van der Waals surface area contributed by atoms with Crippen LogP contribution in [0.15, 0.2) is 38.9 Å². The van der Waals surface area contributed by atoms with Gasteiger partial charge in [0.15, 0.2) is 0 Å². The lowest BCUT2D eigenvalue weighted by molar-refractivity contribution is 0.409. The van der Waals surface area contributed by atoms with Gasteiger partial charge in [-0.05, 0) is 31.2 Å². The Hall–Kier alpha value is -2.68. The van der Waals surface area contributed by atoms with Crippen molar-refractivity contribution in [1.29, 1.82) is 0 Å². The monoisotopic (exact) mass is 320 g/mol. The summed E-state index contributed by atoms with van der Waals surface area (Å²) in [6.45, 7) is 1.59. The Kier molecular flexibility index (Phi) is 3.41. The molecule has 1 N–H and O–H groups in total. The number of nitrogens with zero attached hydrogens (tertiary/aromatic N) is 3. The number of hydrogen-bond donors (Lipinski definition) is 1. The lowest BCUT2D eigenvalue weighted by atomic mass is 10.2. The minimum Gasteiger partial charge on any atom is -0.497 e. The third kappa shape index (κ3) is 2.70. The van der Waals surface area contributed by atoms with Crippen molar-refractivity contribution in [3.8, 4) is 17.1 Å². The molecule has 0 saturated carbocycles. The average Bonchev–Trinajstić information content (AvgIpc) is 2.96. The van der Waals surface area contributed by atoms with Crippen LogP contribution in [-0.2, 0) is 10.2 Å². The number of ether oxygens (including phenoxy) is 1. The zero-order chi connectivity index (χ0) is 15.7. The van der Waals surface area contributed by atoms with E-state index in [2.05, 4.69) is 19.3 Å². The molecule has 0 unspecified atom stereocenters. The van der Waals surface area contributed by atoms with Gasteiger partial charge in [0, 0.05) is 11.3 Å². The molecular weight excluding hydrogens is 308 g/mol. The molecular formula is C13H12N4O4S. The van der Waals surface area contributed by atoms with Crippen LogP contribution in [0.25, 0.3) is 17.0 Å². The van der Waals surface area contributed by atoms with Crippen molar-refractivity contribution >= 4 is 22.0 Å². The Morgan fingerprint density at radius 2 is 1.95 bits per heavy atom. The molecule has 22 heavy (non-hydrogen) atoms. The van der Waals surface area contributed by atoms with Crippen LogP contribution in [0.2, 0.25) is 0 Å². The molecule has 0 bridgehead atoms. The number of rotatable bonds is 3. The predicted octanol–water partition coefficient (Wildman–Crippen LogP) is 1.40. The fourth-order valence-electron chi connectivity index (χ4n) is 1.90. The molecule has 1 aromatic heterocycles. The lowest BCUT2D eigenvalue weighted by Gasteiger charge is -2.10. The van der Waals surface area contributed by atoms with E-state index >= 15 is 0 Å². The SMILES string of the molecule is COc1ccc(-c2noc(C3=C(C)NS(=O)(=O)N=C3)n2)cc1. The molecule has 2 aromatic rings. The van der Waals surface area contributed by atoms with Crippen LogP contribution in [-0.4, -0.2) is 31.9 Å². The molecule has 0 fully saturated rings. The van der Waals surface area contributed by atoms with Gasteiger partial charge in [-0.2, -0.15) is 17.8 Å². The Balaban J connectivity index is 1.92. The minimum absolute atomic E-state index is 0.189. The van der Waals surface area contributed by atoms with Crippen LogP contribution in [0.5, 0.6) is 5.75 Å². The van der Waals surface area contributed by atoms with Crippen LogP contribution in [0, 0.1) is 0 Å². The number of hydrogen-bond acceptors (Lipinski definition) is 6. The molecule has 1 aromatic carbocycles. The highest BCUT2D eigenvalue weighted by molar-refractivity contribution is 7.88. The summed E-state index contributed by atoms with van der Waals surface area (Å²) in [5.74, 6) is 1.30. The Morgan fingerprint density at radius 3 is 2.59 bits per heavy atom. The van der Waals surface area contributed by atoms with Crippen molar-refractivity contribution in [2.24, 2.45) is 4.40 Å². The molecule has 1 aliphatic heterocycles. The molecule has 8 nitrogen and oxygen atoms in total. The van der Waals surface area contributed by atoms with Crippen molar-refractivity contribution in [2.45, 2.75) is 6.92 Å². The van der Waals surface area contributed by atoms with E-state index in [0.29, 0.717) is 17.1 Å². The average molecular weight is 320 g/mol. The van der Waals surface area contributed by atoms with E-state index in [1.54, 1.807) is 38.3 Å². The van der Waals surface area contributed by atoms with Gasteiger partial charge in [0.1, 0.15) is 5.75 Å². The second kappa shape index (κ2) is 5.26. The summed E-state index contributed by atoms with van der Waals surface area (Å²) in [6.07, 6.45) is 1.19. The standard InChI is InChI=1S/C13H12N4O4S/c1-8-11(7-14-22(18,19)17-8)13-15-12(16-21-13)9-3-5-10(20-2)6-4-9/h3-7,17H,1-2H3. The van der Waals surface area contributed by atoms with E-state index in [-0.39, 0.29) is 5.89 Å². The maximum atomic E-state index is 11.3. The van der Waals surface area contributed by atoms with Crippen LogP contribution < -0.4 is 9.46 Å². The fourth-order valence-corrected chi connectivity index (χ4v) is 2.69. The number of nitrogens with one attached hydrogen (secondary N) is 1. The molecule has 114 valence electrons. The fraction of sp³-hybridized carbons (Fsp3) is 0.154. The maximum Gasteiger partial charge on any atom is 0.342 e. The topological polar surface area (TPSA) is 107 Å². The second-order valence-electron chi connectivity index (χ2n) is 4.50. The highest BCUT2D eigenvalue weighted by atomic mass is 32.2. The maximum absolute atomic E-state index is 11.3. The largest absolute Gasteiger partial charge is 0.497 e. The molecule has 0 amide bonds. The van der Waals surface area contributed by atoms with E-state index in [1.165, 1.54) is 6.21 Å². The molecule has 3 rings (SSSR count). The zero-order valence-corrected chi connectivity index (χ0v) is 12.6. The van der Waals surface area contributed by atoms with Crippen LogP contribution in [0.3, 0.4) is 0 Å². The quantitative estimate of drug-likeness (QED) is 0.916. The van der Waals surface area contributed by atoms with Crippen molar-refractivity contribution < 1.29 is 17.7 Å². The second-order valence-corrected chi connectivity index (χ2v) is 5.87. The van der Waals surface area contributed by atoms with Crippen LogP contribution in [0.1, 0.15) is 12.8 Å². The highest BCUT2D eigenvalue weighted by Crippen LogP contribution is 2.23. The van der Waals surface area contributed by atoms with Gasteiger partial charge in [-0.3, -0.25) is 4.72 Å². The van der Waals surface area contributed by atoms with Crippen LogP contribution >= 0.6 is 0 Å². The number of benzene rings is 1. The normalized spacial score (nSPS) is 16.5. The van der Waals surface area contributed by atoms with Crippen LogP contribution in [0.4, 0.5) is 0 Å². The number of aromatic nitrogens is 2. The molecule has 1 aliphatic rings. The third-order valence-electron chi connectivity index (χ3n) is 3.01. The summed E-state index contributed by atoms with van der Waals surface area (Å²) < 4.78 is 38.6. The third-order valence-corrected chi connectivity index (χ3v) is 3.96. The Bertz CT molecular complexity index is 866. The molecule has 0 spiro atoms. The Morgan fingerprint density at radius 1 is 1.23 bits per heavy atom. The Labute approximate surface area is 126 Å². The first-order valence-corrected chi connectivity index (χ1v) is 7.70. The van der Waals surface area contributed by atoms with Gasteiger partial charge >= 0.3 is 10.2 Å². The van der Waals surface area contributed by atoms with Gasteiger partial charge in [0.2, 0.25) is 5.82 Å². The van der Waals surface area contributed by atoms with Crippen molar-refractivity contribution in [3.05, 3.63) is 35.9 Å². The van der Waals surface area contributed by atoms with E-state index < -0.39 is 10.2 Å². The zero-order valence-electron chi connectivity index (χ0n) is 11.8. The summed E-state index contributed by atoms with van der Waals surface area (Å²) in [7, 11) is -2.08. The lowest BCUT2D eigenvalue weighted by Crippen LogP contribution is -2.24. The van der Waals surface area contributed by atoms with Gasteiger partial charge in [0.05, 0.1) is 18.9 Å². The van der Waals surface area contributed by atoms with Gasteiger partial charge < -0.3 is 9.26 Å². The minimum atomic E-state index is -3.67. The van der Waals surface area contributed by atoms with E-state index in [4.69, 9.17) is 9.26 Å². The number of methoxy groups -OCH3 is 1. The molecule has 2 heterocycles. The number of allylic oxidation sites excluding steroid dienone is 2. The first kappa shape index (κ1) is 14.3. The molecule has 0 saturated heterocycles. The smallest absolute Gasteiger partial charge is 0.342 e. The van der Waals surface area contributed by atoms with Crippen molar-refractivity contribution in [2.75, 3.05) is 7.11 Å². The van der Waals surface area contributed by atoms with Crippen molar-refractivity contribution in [1.82, 2.24) is 14.9 Å². The molecule has 0 radical (unpaired) electrons. The van der Waals surface area contributed by atoms with Crippen molar-refractivity contribution in [3.63, 3.8) is 0 Å². The summed E-state index contributed by atoms with van der Waals surface area (Å²) in [5.41, 5.74) is 1.56. The summed E-state index contributed by atoms with van der Waals surface area (Å²) in [4.78, 5) is 4.26. The van der Waals surface area contributed by atoms with E-state index in [9.17, 15) is 8.42 Å². The van der Waals surface area contributed by atoms with Gasteiger partial charge in [0.25, 0.3) is 5.89 Å². The predicted molar refractivity (Wildman–Crippen MR) is 79.4 cm³/mol. The summed E-state index contributed by atoms with van der Waals surface area (Å²) >= 11 is 0. The summed E-state index contributed by atoms with van der Waals surface area (Å²) in [5, 5.41) is 3.89. The first-order valence-electron chi connectivity index (χ1n) is 6.26. The highest BCUT2D eigenvalue weighted by Gasteiger charge is 2.21.